The summed E-state index contributed by atoms with van der Waals surface area (Å²) in [7, 11) is 0. The molecule has 9 heteroatoms. The van der Waals surface area contributed by atoms with E-state index in [0.717, 1.165) is 31.6 Å². The average Bonchev–Trinajstić information content (AvgIpc) is 3.24. The first-order chi connectivity index (χ1) is 14.2. The Kier molecular flexibility index (Phi) is 5.27. The molecular formula is C20H20N8O. The van der Waals surface area contributed by atoms with Crippen LogP contribution < -0.4 is 10.6 Å². The first-order valence-electron chi connectivity index (χ1n) is 9.40. The summed E-state index contributed by atoms with van der Waals surface area (Å²) in [4.78, 5) is 24.0. The van der Waals surface area contributed by atoms with Crippen LogP contribution >= 0.6 is 0 Å². The molecule has 146 valence electrons. The Bertz CT molecular complexity index is 1080. The molecule has 0 saturated carbocycles. The van der Waals surface area contributed by atoms with Crippen LogP contribution in [-0.4, -0.2) is 50.1 Å². The number of aryl methyl sites for hydroxylation is 1. The van der Waals surface area contributed by atoms with Gasteiger partial charge in [0.15, 0.2) is 6.29 Å². The van der Waals surface area contributed by atoms with Crippen LogP contribution in [-0.2, 0) is 0 Å². The summed E-state index contributed by atoms with van der Waals surface area (Å²) in [6.07, 6.45) is 7.70. The molecule has 0 aliphatic carbocycles. The van der Waals surface area contributed by atoms with Crippen LogP contribution in [0.2, 0.25) is 0 Å². The number of nitrogens with zero attached hydrogens (tertiary/aromatic N) is 6. The summed E-state index contributed by atoms with van der Waals surface area (Å²) in [6, 6.07) is 5.89. The summed E-state index contributed by atoms with van der Waals surface area (Å²) < 4.78 is 1.66. The molecule has 0 aromatic carbocycles. The van der Waals surface area contributed by atoms with E-state index in [1.54, 1.807) is 29.2 Å². The molecule has 0 atom stereocenters. The highest BCUT2D eigenvalue weighted by molar-refractivity contribution is 5.72. The van der Waals surface area contributed by atoms with Gasteiger partial charge in [0.1, 0.15) is 11.8 Å². The molecule has 0 unspecified atom stereocenters. The molecule has 1 aliphatic heterocycles. The Morgan fingerprint density at radius 2 is 2.10 bits per heavy atom. The molecule has 4 rings (SSSR count). The van der Waals surface area contributed by atoms with Crippen molar-refractivity contribution in [1.29, 1.82) is 5.26 Å². The number of pyridine rings is 1. The standard InChI is InChI=1S/C20H20N8O/c1-13-18(3-2-17(12-29)25-13)28-11-15(10-24-28)19-14(8-21)9-23-20(27-19)26-16-4-6-22-7-5-16/h2-3,9-12,16,22H,4-7H2,1H3,(H,23,26,27). The molecule has 0 amide bonds. The van der Waals surface area contributed by atoms with Gasteiger partial charge in [0, 0.05) is 17.8 Å². The topological polar surface area (TPSA) is 121 Å². The van der Waals surface area contributed by atoms with E-state index in [1.807, 2.05) is 6.92 Å². The van der Waals surface area contributed by atoms with E-state index < -0.39 is 0 Å². The predicted molar refractivity (Wildman–Crippen MR) is 107 cm³/mol. The van der Waals surface area contributed by atoms with Crippen molar-refractivity contribution in [3.63, 3.8) is 0 Å². The summed E-state index contributed by atoms with van der Waals surface area (Å²) in [5.74, 6) is 0.506. The van der Waals surface area contributed by atoms with Crippen molar-refractivity contribution in [3.05, 3.63) is 47.7 Å². The van der Waals surface area contributed by atoms with Crippen LogP contribution in [0.5, 0.6) is 0 Å². The van der Waals surface area contributed by atoms with Gasteiger partial charge in [0.25, 0.3) is 0 Å². The number of hydrogen-bond donors (Lipinski definition) is 2. The normalized spacial score (nSPS) is 14.3. The zero-order valence-electron chi connectivity index (χ0n) is 16.0. The number of rotatable bonds is 5. The van der Waals surface area contributed by atoms with E-state index in [-0.39, 0.29) is 0 Å². The SMILES string of the molecule is Cc1nc(C=O)ccc1-n1cc(-c2nc(NC3CCNCC3)ncc2C#N)cn1. The van der Waals surface area contributed by atoms with E-state index in [1.165, 1.54) is 6.20 Å². The van der Waals surface area contributed by atoms with E-state index in [2.05, 4.69) is 36.8 Å². The Labute approximate surface area is 167 Å². The minimum absolute atomic E-state index is 0.310. The molecule has 2 N–H and O–H groups in total. The van der Waals surface area contributed by atoms with Crippen molar-refractivity contribution < 1.29 is 4.79 Å². The molecule has 3 aromatic heterocycles. The van der Waals surface area contributed by atoms with Crippen LogP contribution in [0.1, 0.15) is 34.6 Å². The summed E-state index contributed by atoms with van der Waals surface area (Å²) >= 11 is 0. The van der Waals surface area contributed by atoms with Gasteiger partial charge < -0.3 is 10.6 Å². The van der Waals surface area contributed by atoms with Crippen molar-refractivity contribution in [2.45, 2.75) is 25.8 Å². The maximum atomic E-state index is 10.9. The van der Waals surface area contributed by atoms with Crippen molar-refractivity contribution in [2.24, 2.45) is 0 Å². The van der Waals surface area contributed by atoms with Crippen LogP contribution in [0.15, 0.2) is 30.7 Å². The van der Waals surface area contributed by atoms with Crippen molar-refractivity contribution >= 4 is 12.2 Å². The largest absolute Gasteiger partial charge is 0.351 e. The maximum Gasteiger partial charge on any atom is 0.223 e. The molecule has 1 fully saturated rings. The number of anilines is 1. The molecule has 0 radical (unpaired) electrons. The fourth-order valence-electron chi connectivity index (χ4n) is 3.36. The molecule has 9 nitrogen and oxygen atoms in total. The minimum Gasteiger partial charge on any atom is -0.351 e. The van der Waals surface area contributed by atoms with Gasteiger partial charge in [-0.25, -0.2) is 19.6 Å². The second kappa shape index (κ2) is 8.16. The highest BCUT2D eigenvalue weighted by Gasteiger charge is 2.17. The lowest BCUT2D eigenvalue weighted by Crippen LogP contribution is -2.35. The zero-order chi connectivity index (χ0) is 20.2. The zero-order valence-corrected chi connectivity index (χ0v) is 16.0. The first-order valence-corrected chi connectivity index (χ1v) is 9.40. The fourth-order valence-corrected chi connectivity index (χ4v) is 3.36. The second-order valence-electron chi connectivity index (χ2n) is 6.87. The van der Waals surface area contributed by atoms with Gasteiger partial charge in [-0.2, -0.15) is 10.4 Å². The number of carbonyl (C=O) groups is 1. The Morgan fingerprint density at radius 1 is 1.28 bits per heavy atom. The third-order valence-electron chi connectivity index (χ3n) is 4.88. The Hall–Kier alpha value is -3.64. The molecule has 4 heterocycles. The van der Waals surface area contributed by atoms with Gasteiger partial charge in [-0.05, 0) is 45.0 Å². The third kappa shape index (κ3) is 3.97. The van der Waals surface area contributed by atoms with E-state index in [0.29, 0.717) is 46.5 Å². The predicted octanol–water partition coefficient (Wildman–Crippen LogP) is 1.88. The number of nitrogens with one attached hydrogen (secondary N) is 2. The molecule has 0 spiro atoms. The first kappa shape index (κ1) is 18.7. The van der Waals surface area contributed by atoms with Crippen molar-refractivity contribution in [2.75, 3.05) is 18.4 Å². The molecule has 29 heavy (non-hydrogen) atoms. The number of aldehydes is 1. The van der Waals surface area contributed by atoms with Gasteiger partial charge in [-0.15, -0.1) is 0 Å². The van der Waals surface area contributed by atoms with Crippen molar-refractivity contribution in [3.8, 4) is 23.0 Å². The van der Waals surface area contributed by atoms with Crippen LogP contribution in [0, 0.1) is 18.3 Å². The molecule has 1 saturated heterocycles. The van der Waals surface area contributed by atoms with Crippen LogP contribution in [0.4, 0.5) is 5.95 Å². The second-order valence-corrected chi connectivity index (χ2v) is 6.87. The van der Waals surface area contributed by atoms with Gasteiger partial charge in [-0.1, -0.05) is 0 Å². The highest BCUT2D eigenvalue weighted by atomic mass is 16.1. The number of carbonyl (C=O) groups excluding carboxylic acids is 1. The number of aromatic nitrogens is 5. The fraction of sp³-hybridized carbons (Fsp3) is 0.300. The summed E-state index contributed by atoms with van der Waals surface area (Å²) in [5, 5.41) is 20.6. The van der Waals surface area contributed by atoms with Gasteiger partial charge in [0.2, 0.25) is 5.95 Å². The van der Waals surface area contributed by atoms with E-state index in [9.17, 15) is 10.1 Å². The lowest BCUT2D eigenvalue weighted by atomic mass is 10.1. The Morgan fingerprint density at radius 3 is 2.83 bits per heavy atom. The quantitative estimate of drug-likeness (QED) is 0.636. The summed E-state index contributed by atoms with van der Waals surface area (Å²) in [6.45, 7) is 3.74. The average molecular weight is 388 g/mol. The smallest absolute Gasteiger partial charge is 0.223 e. The number of hydrogen-bond acceptors (Lipinski definition) is 8. The number of piperidine rings is 1. The van der Waals surface area contributed by atoms with Gasteiger partial charge >= 0.3 is 0 Å². The molecule has 1 aliphatic rings. The molecule has 3 aromatic rings. The third-order valence-corrected chi connectivity index (χ3v) is 4.88. The maximum absolute atomic E-state index is 10.9. The van der Waals surface area contributed by atoms with Crippen LogP contribution in [0.25, 0.3) is 16.9 Å². The van der Waals surface area contributed by atoms with Gasteiger partial charge in [0.05, 0.1) is 35.0 Å². The van der Waals surface area contributed by atoms with E-state index in [4.69, 9.17) is 0 Å². The van der Waals surface area contributed by atoms with Gasteiger partial charge in [-0.3, -0.25) is 4.79 Å². The van der Waals surface area contributed by atoms with Crippen molar-refractivity contribution in [1.82, 2.24) is 30.0 Å². The molecule has 0 bridgehead atoms. The lowest BCUT2D eigenvalue weighted by molar-refractivity contribution is 0.111. The van der Waals surface area contributed by atoms with Crippen LogP contribution in [0.3, 0.4) is 0 Å². The summed E-state index contributed by atoms with van der Waals surface area (Å²) in [5.41, 5.74) is 3.42. The van der Waals surface area contributed by atoms with E-state index >= 15 is 0 Å². The lowest BCUT2D eigenvalue weighted by Gasteiger charge is -2.23. The highest BCUT2D eigenvalue weighted by Crippen LogP contribution is 2.24. The monoisotopic (exact) mass is 388 g/mol. The molecular weight excluding hydrogens is 368 g/mol. The minimum atomic E-state index is 0.310. The Balaban J connectivity index is 1.65. The number of nitriles is 1.